The Balaban J connectivity index is 1.25. The van der Waals surface area contributed by atoms with E-state index in [1.54, 1.807) is 25.1 Å². The minimum atomic E-state index is -1.36. The van der Waals surface area contributed by atoms with Crippen LogP contribution in [0.25, 0.3) is 10.9 Å². The Morgan fingerprint density at radius 3 is 2.58 bits per heavy atom. The first-order valence-corrected chi connectivity index (χ1v) is 17.4. The summed E-state index contributed by atoms with van der Waals surface area (Å²) in [6.07, 6.45) is 7.32. The van der Waals surface area contributed by atoms with Crippen LogP contribution in [0.3, 0.4) is 0 Å². The molecule has 12 nitrogen and oxygen atoms in total. The second kappa shape index (κ2) is 14.5. The first kappa shape index (κ1) is 33.7. The zero-order chi connectivity index (χ0) is 33.8. The first-order chi connectivity index (χ1) is 23.2. The summed E-state index contributed by atoms with van der Waals surface area (Å²) >= 11 is 0. The molecule has 0 radical (unpaired) electrons. The van der Waals surface area contributed by atoms with E-state index in [0.717, 1.165) is 51.4 Å². The zero-order valence-corrected chi connectivity index (χ0v) is 27.4. The van der Waals surface area contributed by atoms with E-state index >= 15 is 0 Å². The van der Waals surface area contributed by atoms with Crippen molar-refractivity contribution in [2.75, 3.05) is 13.2 Å². The second-order valence-corrected chi connectivity index (χ2v) is 13.6. The van der Waals surface area contributed by atoms with Crippen LogP contribution in [0.5, 0.6) is 11.6 Å². The van der Waals surface area contributed by atoms with Crippen molar-refractivity contribution in [2.24, 2.45) is 5.92 Å². The van der Waals surface area contributed by atoms with Crippen LogP contribution < -0.4 is 20.1 Å². The van der Waals surface area contributed by atoms with Crippen LogP contribution in [0.15, 0.2) is 24.3 Å². The minimum Gasteiger partial charge on any atom is -0.488 e. The third-order valence-corrected chi connectivity index (χ3v) is 10.2. The SMILES string of the molecule is CCOc1cc(O[C@@H]2C[C@H]3C(=O)N[C@]4(C(=O)O)C[C@@H]4CCCCCC[C@H](NC(=O)OC4CCCC4)CC(=O)N3C2)c2cccc(F)c2n1. The highest BCUT2D eigenvalue weighted by molar-refractivity contribution is 5.94. The van der Waals surface area contributed by atoms with Crippen LogP contribution in [-0.4, -0.2) is 81.8 Å². The minimum absolute atomic E-state index is 0.0305. The Morgan fingerprint density at radius 2 is 1.83 bits per heavy atom. The van der Waals surface area contributed by atoms with Crippen LogP contribution in [-0.2, 0) is 19.1 Å². The van der Waals surface area contributed by atoms with Gasteiger partial charge in [0.25, 0.3) is 0 Å². The molecule has 1 aromatic carbocycles. The summed E-state index contributed by atoms with van der Waals surface area (Å²) in [6, 6.07) is 4.57. The van der Waals surface area contributed by atoms with Crippen molar-refractivity contribution in [1.29, 1.82) is 0 Å². The van der Waals surface area contributed by atoms with Gasteiger partial charge < -0.3 is 34.9 Å². The van der Waals surface area contributed by atoms with Crippen LogP contribution in [0, 0.1) is 11.7 Å². The van der Waals surface area contributed by atoms with Crippen LogP contribution in [0.2, 0.25) is 0 Å². The highest BCUT2D eigenvalue weighted by Crippen LogP contribution is 2.47. The summed E-state index contributed by atoms with van der Waals surface area (Å²) in [4.78, 5) is 58.8. The summed E-state index contributed by atoms with van der Waals surface area (Å²) in [5.74, 6) is -2.25. The molecular formula is C35H45FN4O8. The standard InChI is InChI=1S/C35H45FN4O8/c1-2-46-29-18-28(25-14-9-15-26(36)31(25)38-29)47-24-17-27-32(42)39-35(33(43)44)19-21(35)10-5-3-4-6-11-22(16-30(41)40(27)20-24)37-34(45)48-23-12-7-8-13-23/h9,14-15,18,21-24,27H,2-8,10-13,16-17,19-20H2,1H3,(H,37,45)(H,39,42)(H,43,44)/t21-,22-,24+,27-,35+/m0/s1. The van der Waals surface area contributed by atoms with Gasteiger partial charge in [0, 0.05) is 30.3 Å². The molecule has 6 rings (SSSR count). The number of carbonyl (C=O) groups excluding carboxylic acids is 3. The van der Waals surface area contributed by atoms with Crippen LogP contribution in [0.1, 0.15) is 90.4 Å². The number of nitrogens with zero attached hydrogens (tertiary/aromatic N) is 2. The molecule has 48 heavy (non-hydrogen) atoms. The topological polar surface area (TPSA) is 156 Å². The average molecular weight is 669 g/mol. The monoisotopic (exact) mass is 668 g/mol. The fourth-order valence-electron chi connectivity index (χ4n) is 7.56. The summed E-state index contributed by atoms with van der Waals surface area (Å²) < 4.78 is 32.3. The lowest BCUT2D eigenvalue weighted by molar-refractivity contribution is -0.145. The number of amides is 3. The van der Waals surface area contributed by atoms with E-state index in [9.17, 15) is 28.7 Å². The van der Waals surface area contributed by atoms with E-state index < -0.39 is 47.5 Å². The molecule has 2 aliphatic carbocycles. The van der Waals surface area contributed by atoms with Crippen LogP contribution >= 0.6 is 0 Å². The van der Waals surface area contributed by atoms with E-state index in [0.29, 0.717) is 37.0 Å². The van der Waals surface area contributed by atoms with Gasteiger partial charge in [-0.05, 0) is 69.9 Å². The van der Waals surface area contributed by atoms with Gasteiger partial charge in [-0.3, -0.25) is 9.59 Å². The molecule has 2 aliphatic heterocycles. The summed E-state index contributed by atoms with van der Waals surface area (Å²) in [6.45, 7) is 2.11. The summed E-state index contributed by atoms with van der Waals surface area (Å²) in [5.41, 5.74) is -1.29. The summed E-state index contributed by atoms with van der Waals surface area (Å²) in [5, 5.41) is 16.3. The number of nitrogens with one attached hydrogen (secondary N) is 2. The number of alkyl carbamates (subject to hydrolysis) is 1. The normalized spacial score (nSPS) is 28.4. The van der Waals surface area contributed by atoms with Gasteiger partial charge >= 0.3 is 12.1 Å². The highest BCUT2D eigenvalue weighted by atomic mass is 19.1. The molecule has 2 saturated heterocycles. The number of pyridine rings is 1. The molecule has 0 bridgehead atoms. The lowest BCUT2D eigenvalue weighted by atomic mass is 10.0. The Kier molecular flexibility index (Phi) is 10.2. The van der Waals surface area contributed by atoms with E-state index in [1.807, 2.05) is 0 Å². The second-order valence-electron chi connectivity index (χ2n) is 13.6. The Morgan fingerprint density at radius 1 is 1.08 bits per heavy atom. The van der Waals surface area contributed by atoms with Crippen molar-refractivity contribution < 1.29 is 42.9 Å². The van der Waals surface area contributed by atoms with E-state index in [4.69, 9.17) is 14.2 Å². The predicted octanol–water partition coefficient (Wildman–Crippen LogP) is 4.86. The number of carbonyl (C=O) groups is 4. The average Bonchev–Trinajstić information content (AvgIpc) is 3.33. The van der Waals surface area contributed by atoms with Gasteiger partial charge in [-0.1, -0.05) is 31.7 Å². The molecule has 260 valence electrons. The Hall–Kier alpha value is -4.16. The maximum absolute atomic E-state index is 14.8. The van der Waals surface area contributed by atoms with Crippen molar-refractivity contribution in [2.45, 2.75) is 120 Å². The first-order valence-electron chi connectivity index (χ1n) is 17.4. The van der Waals surface area contributed by atoms with Gasteiger partial charge in [-0.25, -0.2) is 19.0 Å². The lowest BCUT2D eigenvalue weighted by Gasteiger charge is -2.27. The molecule has 5 atom stereocenters. The highest BCUT2D eigenvalue weighted by Gasteiger charge is 2.62. The molecule has 13 heteroatoms. The van der Waals surface area contributed by atoms with Gasteiger partial charge in [0.2, 0.25) is 17.7 Å². The Bertz CT molecular complexity index is 1530. The van der Waals surface area contributed by atoms with Crippen molar-refractivity contribution >= 4 is 34.8 Å². The summed E-state index contributed by atoms with van der Waals surface area (Å²) in [7, 11) is 0. The molecule has 1 aromatic heterocycles. The third kappa shape index (κ3) is 7.44. The van der Waals surface area contributed by atoms with Crippen molar-refractivity contribution in [3.05, 3.63) is 30.1 Å². The number of halogens is 1. The van der Waals surface area contributed by atoms with Gasteiger partial charge in [-0.15, -0.1) is 0 Å². The maximum atomic E-state index is 14.8. The maximum Gasteiger partial charge on any atom is 0.407 e. The van der Waals surface area contributed by atoms with E-state index in [-0.39, 0.29) is 48.7 Å². The number of carboxylic acid groups (broad SMARTS) is 1. The smallest absolute Gasteiger partial charge is 0.407 e. The molecule has 3 amide bonds. The molecule has 4 fully saturated rings. The molecule has 2 aromatic rings. The number of para-hydroxylation sites is 1. The van der Waals surface area contributed by atoms with E-state index in [2.05, 4.69) is 15.6 Å². The Labute approximate surface area is 279 Å². The van der Waals surface area contributed by atoms with Crippen molar-refractivity contribution in [3.8, 4) is 11.6 Å². The number of hydrogen-bond donors (Lipinski definition) is 3. The number of aromatic nitrogens is 1. The van der Waals surface area contributed by atoms with E-state index in [1.165, 1.54) is 11.0 Å². The fourth-order valence-corrected chi connectivity index (χ4v) is 7.56. The van der Waals surface area contributed by atoms with Crippen molar-refractivity contribution in [3.63, 3.8) is 0 Å². The molecule has 0 unspecified atom stereocenters. The molecule has 3 heterocycles. The predicted molar refractivity (Wildman–Crippen MR) is 172 cm³/mol. The van der Waals surface area contributed by atoms with Crippen molar-refractivity contribution in [1.82, 2.24) is 20.5 Å². The molecule has 2 saturated carbocycles. The number of hydrogen-bond acceptors (Lipinski definition) is 8. The van der Waals surface area contributed by atoms with Gasteiger partial charge in [0.05, 0.1) is 13.2 Å². The van der Waals surface area contributed by atoms with Crippen LogP contribution in [0.4, 0.5) is 9.18 Å². The lowest BCUT2D eigenvalue weighted by Crippen LogP contribution is -2.53. The van der Waals surface area contributed by atoms with Gasteiger partial charge in [-0.2, -0.15) is 0 Å². The number of ether oxygens (including phenoxy) is 3. The largest absolute Gasteiger partial charge is 0.488 e. The number of aliphatic carboxylic acids is 1. The van der Waals surface area contributed by atoms with Gasteiger partial charge in [0.15, 0.2) is 0 Å². The number of carboxylic acids is 1. The molecule has 4 aliphatic rings. The zero-order valence-electron chi connectivity index (χ0n) is 27.4. The van der Waals surface area contributed by atoms with Gasteiger partial charge in [0.1, 0.15) is 40.9 Å². The number of fused-ring (bicyclic) bond motifs is 3. The fraction of sp³-hybridized carbons (Fsp3) is 0.629. The number of benzene rings is 1. The number of rotatable bonds is 7. The third-order valence-electron chi connectivity index (χ3n) is 10.2. The molecular weight excluding hydrogens is 623 g/mol. The molecule has 0 spiro atoms. The molecule has 3 N–H and O–H groups in total. The quantitative estimate of drug-likeness (QED) is 0.375.